The predicted octanol–water partition coefficient (Wildman–Crippen LogP) is 3.14. The van der Waals surface area contributed by atoms with E-state index in [0.717, 1.165) is 16.8 Å². The number of hydrogen-bond acceptors (Lipinski definition) is 6. The van der Waals surface area contributed by atoms with Gasteiger partial charge in [-0.15, -0.1) is 0 Å². The number of rotatable bonds is 7. The first-order valence-corrected chi connectivity index (χ1v) is 10.4. The summed E-state index contributed by atoms with van der Waals surface area (Å²) in [7, 11) is -3.66. The molecular formula is C20H23N5O2S. The van der Waals surface area contributed by atoms with Crippen molar-refractivity contribution in [3.05, 3.63) is 71.4 Å². The highest BCUT2D eigenvalue weighted by Crippen LogP contribution is 2.20. The van der Waals surface area contributed by atoms with Crippen molar-refractivity contribution in [2.24, 2.45) is 5.14 Å². The smallest absolute Gasteiger partial charge is 0.238 e. The second-order valence-corrected chi connectivity index (χ2v) is 8.14. The van der Waals surface area contributed by atoms with E-state index < -0.39 is 10.0 Å². The number of anilines is 3. The standard InChI is InChI=1S/C20H23N5O2S/c1-14-3-8-18(15(2)13-14)24-19-10-12-23-20(25-19)22-11-9-16-4-6-17(7-5-16)28(21,26)27/h3-8,10,12-13H,9,11H2,1-2H3,(H2,21,26,27)(H2,22,23,24,25). The number of primary sulfonamides is 1. The Morgan fingerprint density at radius 2 is 1.79 bits per heavy atom. The number of nitrogens with zero attached hydrogens (tertiary/aromatic N) is 2. The SMILES string of the molecule is Cc1ccc(Nc2ccnc(NCCc3ccc(S(N)(=O)=O)cc3)n2)c(C)c1. The molecule has 8 heteroatoms. The van der Waals surface area contributed by atoms with Gasteiger partial charge in [0.1, 0.15) is 5.82 Å². The molecule has 0 aliphatic rings. The lowest BCUT2D eigenvalue weighted by Crippen LogP contribution is -2.12. The third-order valence-corrected chi connectivity index (χ3v) is 5.18. The molecular weight excluding hydrogens is 374 g/mol. The van der Waals surface area contributed by atoms with Gasteiger partial charge in [0.05, 0.1) is 4.90 Å². The number of aryl methyl sites for hydroxylation is 2. The van der Waals surface area contributed by atoms with Crippen LogP contribution in [0.25, 0.3) is 0 Å². The van der Waals surface area contributed by atoms with Crippen LogP contribution in [-0.2, 0) is 16.4 Å². The summed E-state index contributed by atoms with van der Waals surface area (Å²) in [4.78, 5) is 8.83. The molecule has 1 heterocycles. The first-order chi connectivity index (χ1) is 13.3. The molecule has 0 unspecified atom stereocenters. The summed E-state index contributed by atoms with van der Waals surface area (Å²) < 4.78 is 22.6. The monoisotopic (exact) mass is 397 g/mol. The van der Waals surface area contributed by atoms with Crippen LogP contribution in [-0.4, -0.2) is 24.9 Å². The fourth-order valence-electron chi connectivity index (χ4n) is 2.77. The Balaban J connectivity index is 1.59. The number of hydrogen-bond donors (Lipinski definition) is 3. The summed E-state index contributed by atoms with van der Waals surface area (Å²) in [5.41, 5.74) is 4.36. The molecule has 28 heavy (non-hydrogen) atoms. The predicted molar refractivity (Wildman–Crippen MR) is 111 cm³/mol. The molecule has 3 rings (SSSR count). The summed E-state index contributed by atoms with van der Waals surface area (Å²) in [6, 6.07) is 14.5. The van der Waals surface area contributed by atoms with Gasteiger partial charge < -0.3 is 10.6 Å². The van der Waals surface area contributed by atoms with Crippen molar-refractivity contribution in [1.29, 1.82) is 0 Å². The molecule has 0 amide bonds. The number of sulfonamides is 1. The number of nitrogens with two attached hydrogens (primary N) is 1. The van der Waals surface area contributed by atoms with Crippen molar-refractivity contribution >= 4 is 27.5 Å². The van der Waals surface area contributed by atoms with Crippen molar-refractivity contribution in [1.82, 2.24) is 9.97 Å². The molecule has 0 atom stereocenters. The summed E-state index contributed by atoms with van der Waals surface area (Å²) in [6.45, 7) is 4.73. The van der Waals surface area contributed by atoms with E-state index in [4.69, 9.17) is 5.14 Å². The van der Waals surface area contributed by atoms with Crippen molar-refractivity contribution in [3.8, 4) is 0 Å². The van der Waals surface area contributed by atoms with E-state index in [9.17, 15) is 8.42 Å². The zero-order valence-corrected chi connectivity index (χ0v) is 16.6. The molecule has 3 aromatic rings. The maximum Gasteiger partial charge on any atom is 0.238 e. The molecule has 0 saturated carbocycles. The van der Waals surface area contributed by atoms with E-state index in [1.54, 1.807) is 18.3 Å². The van der Waals surface area contributed by atoms with Crippen LogP contribution in [0, 0.1) is 13.8 Å². The van der Waals surface area contributed by atoms with Crippen LogP contribution in [0.1, 0.15) is 16.7 Å². The topological polar surface area (TPSA) is 110 Å². The van der Waals surface area contributed by atoms with Crippen LogP contribution in [0.2, 0.25) is 0 Å². The lowest BCUT2D eigenvalue weighted by Gasteiger charge is -2.11. The molecule has 0 saturated heterocycles. The first-order valence-electron chi connectivity index (χ1n) is 8.84. The molecule has 0 fully saturated rings. The van der Waals surface area contributed by atoms with Crippen LogP contribution in [0.15, 0.2) is 59.6 Å². The van der Waals surface area contributed by atoms with Crippen molar-refractivity contribution < 1.29 is 8.42 Å². The number of aromatic nitrogens is 2. The van der Waals surface area contributed by atoms with Gasteiger partial charge in [-0.05, 0) is 55.7 Å². The van der Waals surface area contributed by atoms with Crippen molar-refractivity contribution in [2.45, 2.75) is 25.2 Å². The minimum absolute atomic E-state index is 0.109. The van der Waals surface area contributed by atoms with E-state index >= 15 is 0 Å². The van der Waals surface area contributed by atoms with Crippen LogP contribution in [0.4, 0.5) is 17.5 Å². The fraction of sp³-hybridized carbons (Fsp3) is 0.200. The van der Waals surface area contributed by atoms with E-state index in [2.05, 4.69) is 46.6 Å². The Kier molecular flexibility index (Phi) is 5.91. The van der Waals surface area contributed by atoms with E-state index in [1.165, 1.54) is 17.7 Å². The van der Waals surface area contributed by atoms with Crippen LogP contribution in [0.3, 0.4) is 0 Å². The highest BCUT2D eigenvalue weighted by Gasteiger charge is 2.07. The van der Waals surface area contributed by atoms with E-state index in [-0.39, 0.29) is 4.90 Å². The largest absolute Gasteiger partial charge is 0.354 e. The van der Waals surface area contributed by atoms with Crippen LogP contribution < -0.4 is 15.8 Å². The molecule has 0 radical (unpaired) electrons. The molecule has 0 aliphatic carbocycles. The molecule has 0 bridgehead atoms. The minimum Gasteiger partial charge on any atom is -0.354 e. The van der Waals surface area contributed by atoms with Gasteiger partial charge in [0.2, 0.25) is 16.0 Å². The van der Waals surface area contributed by atoms with Crippen LogP contribution in [0.5, 0.6) is 0 Å². The van der Waals surface area contributed by atoms with Gasteiger partial charge in [0, 0.05) is 18.4 Å². The first kappa shape index (κ1) is 19.8. The van der Waals surface area contributed by atoms with Crippen molar-refractivity contribution in [3.63, 3.8) is 0 Å². The quantitative estimate of drug-likeness (QED) is 0.565. The van der Waals surface area contributed by atoms with E-state index in [0.29, 0.717) is 24.7 Å². The third-order valence-electron chi connectivity index (χ3n) is 4.25. The van der Waals surface area contributed by atoms with Crippen LogP contribution >= 0.6 is 0 Å². The zero-order chi connectivity index (χ0) is 20.1. The summed E-state index contributed by atoms with van der Waals surface area (Å²) in [5.74, 6) is 1.23. The maximum absolute atomic E-state index is 11.3. The minimum atomic E-state index is -3.66. The van der Waals surface area contributed by atoms with Gasteiger partial charge in [-0.1, -0.05) is 29.8 Å². The average molecular weight is 398 g/mol. The van der Waals surface area contributed by atoms with E-state index in [1.807, 2.05) is 12.1 Å². The molecule has 7 nitrogen and oxygen atoms in total. The molecule has 0 spiro atoms. The van der Waals surface area contributed by atoms with Gasteiger partial charge in [-0.25, -0.2) is 18.5 Å². The molecule has 2 aromatic carbocycles. The van der Waals surface area contributed by atoms with Gasteiger partial charge >= 0.3 is 0 Å². The lowest BCUT2D eigenvalue weighted by molar-refractivity contribution is 0.598. The number of benzene rings is 2. The molecule has 146 valence electrons. The van der Waals surface area contributed by atoms with Gasteiger partial charge in [0.25, 0.3) is 0 Å². The second-order valence-electron chi connectivity index (χ2n) is 6.57. The maximum atomic E-state index is 11.3. The Labute approximate surface area is 165 Å². The average Bonchev–Trinajstić information content (AvgIpc) is 2.64. The normalized spacial score (nSPS) is 11.2. The van der Waals surface area contributed by atoms with Gasteiger partial charge in [0.15, 0.2) is 0 Å². The van der Waals surface area contributed by atoms with Crippen molar-refractivity contribution in [2.75, 3.05) is 17.2 Å². The lowest BCUT2D eigenvalue weighted by atomic mass is 10.1. The fourth-order valence-corrected chi connectivity index (χ4v) is 3.29. The highest BCUT2D eigenvalue weighted by atomic mass is 32.2. The summed E-state index contributed by atoms with van der Waals surface area (Å²) in [5, 5.41) is 11.6. The molecule has 1 aromatic heterocycles. The zero-order valence-electron chi connectivity index (χ0n) is 15.8. The second kappa shape index (κ2) is 8.37. The molecule has 4 N–H and O–H groups in total. The third kappa shape index (κ3) is 5.28. The highest BCUT2D eigenvalue weighted by molar-refractivity contribution is 7.89. The summed E-state index contributed by atoms with van der Waals surface area (Å²) in [6.07, 6.45) is 2.39. The number of nitrogens with one attached hydrogen (secondary N) is 2. The summed E-state index contributed by atoms with van der Waals surface area (Å²) >= 11 is 0. The Bertz CT molecular complexity index is 1070. The Morgan fingerprint density at radius 3 is 2.46 bits per heavy atom. The van der Waals surface area contributed by atoms with Gasteiger partial charge in [-0.3, -0.25) is 0 Å². The molecule has 0 aliphatic heterocycles. The van der Waals surface area contributed by atoms with Gasteiger partial charge in [-0.2, -0.15) is 4.98 Å². The Hall–Kier alpha value is -2.97. The Morgan fingerprint density at radius 1 is 1.04 bits per heavy atom.